The van der Waals surface area contributed by atoms with E-state index >= 15 is 0 Å². The Bertz CT molecular complexity index is 1430. The monoisotopic (exact) mass is 486 g/mol. The fourth-order valence-corrected chi connectivity index (χ4v) is 4.52. The van der Waals surface area contributed by atoms with Crippen molar-refractivity contribution in [2.75, 3.05) is 0 Å². The molecule has 5 rings (SSSR count). The molecule has 3 aromatic carbocycles. The standard InChI is InChI=1S/C26H22N2O4.2C2H6/c1-15-8-9-21(16(2)12-15)27-22-7-5-4-6-19(22)20-14-18(13-17(3)25(20)27)26(31)32-28-23(29)10-11-24(28)30;2*1-2/h4-9,12-14H,10-11H2,1-3H3;2*1-2H3. The minimum absolute atomic E-state index is 0.0631. The minimum atomic E-state index is -0.720. The highest BCUT2D eigenvalue weighted by Crippen LogP contribution is 2.36. The summed E-state index contributed by atoms with van der Waals surface area (Å²) in [6.45, 7) is 14.1. The fraction of sp³-hybridized carbons (Fsp3) is 0.300. The molecule has 1 saturated heterocycles. The molecule has 1 aliphatic heterocycles. The first-order valence-electron chi connectivity index (χ1n) is 12.5. The molecule has 6 nitrogen and oxygen atoms in total. The second kappa shape index (κ2) is 11.2. The molecule has 2 heterocycles. The number of aromatic nitrogens is 1. The number of benzene rings is 3. The largest absolute Gasteiger partial charge is 0.363 e. The van der Waals surface area contributed by atoms with Crippen LogP contribution in [0.5, 0.6) is 0 Å². The Morgan fingerprint density at radius 3 is 2.06 bits per heavy atom. The summed E-state index contributed by atoms with van der Waals surface area (Å²) >= 11 is 0. The average Bonchev–Trinajstić information content (AvgIpc) is 3.39. The van der Waals surface area contributed by atoms with E-state index in [0.717, 1.165) is 38.6 Å². The van der Waals surface area contributed by atoms with Crippen LogP contribution in [-0.2, 0) is 14.4 Å². The van der Waals surface area contributed by atoms with E-state index in [1.807, 2.05) is 52.8 Å². The number of hydrogen-bond acceptors (Lipinski definition) is 4. The normalized spacial score (nSPS) is 12.8. The predicted molar refractivity (Wildman–Crippen MR) is 144 cm³/mol. The smallest absolute Gasteiger partial charge is 0.325 e. The lowest BCUT2D eigenvalue weighted by Gasteiger charge is -2.15. The number of para-hydroxylation sites is 1. The summed E-state index contributed by atoms with van der Waals surface area (Å²) in [5.41, 5.74) is 6.65. The first-order valence-corrected chi connectivity index (χ1v) is 12.5. The van der Waals surface area contributed by atoms with Crippen LogP contribution in [0.1, 0.15) is 67.6 Å². The van der Waals surface area contributed by atoms with E-state index in [0.29, 0.717) is 10.6 Å². The molecule has 0 bridgehead atoms. The van der Waals surface area contributed by atoms with E-state index in [1.165, 1.54) is 5.56 Å². The van der Waals surface area contributed by atoms with Gasteiger partial charge >= 0.3 is 5.97 Å². The van der Waals surface area contributed by atoms with Gasteiger partial charge in [-0.3, -0.25) is 9.59 Å². The molecule has 2 amide bonds. The molecule has 1 fully saturated rings. The van der Waals surface area contributed by atoms with Crippen LogP contribution in [0.25, 0.3) is 27.5 Å². The number of fused-ring (bicyclic) bond motifs is 3. The molecule has 188 valence electrons. The summed E-state index contributed by atoms with van der Waals surface area (Å²) in [6.07, 6.45) is 0.126. The van der Waals surface area contributed by atoms with Crippen LogP contribution in [0.15, 0.2) is 54.6 Å². The lowest BCUT2D eigenvalue weighted by Crippen LogP contribution is -2.32. The maximum Gasteiger partial charge on any atom is 0.363 e. The molecule has 6 heteroatoms. The van der Waals surface area contributed by atoms with Gasteiger partial charge in [0.05, 0.1) is 16.6 Å². The molecule has 1 aliphatic rings. The third-order valence-electron chi connectivity index (χ3n) is 5.97. The Morgan fingerprint density at radius 2 is 1.42 bits per heavy atom. The second-order valence-corrected chi connectivity index (χ2v) is 8.29. The van der Waals surface area contributed by atoms with Crippen LogP contribution in [0, 0.1) is 20.8 Å². The molecule has 0 aliphatic carbocycles. The van der Waals surface area contributed by atoms with Gasteiger partial charge in [0.1, 0.15) is 0 Å². The first-order chi connectivity index (χ1) is 17.3. The zero-order chi connectivity index (χ0) is 26.6. The number of hydrogen-bond donors (Lipinski definition) is 0. The van der Waals surface area contributed by atoms with Crippen molar-refractivity contribution in [3.63, 3.8) is 0 Å². The average molecular weight is 487 g/mol. The van der Waals surface area contributed by atoms with Crippen molar-refractivity contribution < 1.29 is 19.2 Å². The van der Waals surface area contributed by atoms with Gasteiger partial charge in [-0.05, 0) is 56.2 Å². The quantitative estimate of drug-likeness (QED) is 0.293. The van der Waals surface area contributed by atoms with Crippen LogP contribution >= 0.6 is 0 Å². The lowest BCUT2D eigenvalue weighted by molar-refractivity contribution is -0.172. The van der Waals surface area contributed by atoms with Gasteiger partial charge in [-0.15, -0.1) is 5.06 Å². The van der Waals surface area contributed by atoms with Gasteiger partial charge in [0, 0.05) is 29.3 Å². The third-order valence-corrected chi connectivity index (χ3v) is 5.97. The third kappa shape index (κ3) is 4.76. The Balaban J connectivity index is 0.000000861. The number of nitrogens with zero attached hydrogens (tertiary/aromatic N) is 2. The van der Waals surface area contributed by atoms with Crippen molar-refractivity contribution in [2.24, 2.45) is 0 Å². The summed E-state index contributed by atoms with van der Waals surface area (Å²) in [4.78, 5) is 41.7. The van der Waals surface area contributed by atoms with E-state index in [9.17, 15) is 14.4 Å². The molecule has 0 saturated carbocycles. The van der Waals surface area contributed by atoms with Crippen molar-refractivity contribution in [1.29, 1.82) is 0 Å². The Morgan fingerprint density at radius 1 is 0.778 bits per heavy atom. The second-order valence-electron chi connectivity index (χ2n) is 8.29. The summed E-state index contributed by atoms with van der Waals surface area (Å²) in [6, 6.07) is 17.9. The van der Waals surface area contributed by atoms with E-state index < -0.39 is 17.8 Å². The number of hydroxylamine groups is 2. The summed E-state index contributed by atoms with van der Waals surface area (Å²) in [5, 5.41) is 2.50. The molecular formula is C30H34N2O4. The van der Waals surface area contributed by atoms with Gasteiger partial charge < -0.3 is 9.40 Å². The Labute approximate surface area is 212 Å². The molecule has 4 aromatic rings. The molecule has 1 aromatic heterocycles. The molecule has 0 N–H and O–H groups in total. The fourth-order valence-electron chi connectivity index (χ4n) is 4.52. The number of imide groups is 1. The van der Waals surface area contributed by atoms with Crippen LogP contribution < -0.4 is 0 Å². The molecule has 36 heavy (non-hydrogen) atoms. The van der Waals surface area contributed by atoms with Crippen molar-refractivity contribution >= 4 is 39.6 Å². The number of carbonyl (C=O) groups is 3. The topological polar surface area (TPSA) is 68.6 Å². The van der Waals surface area contributed by atoms with Gasteiger partial charge in [0.15, 0.2) is 0 Å². The summed E-state index contributed by atoms with van der Waals surface area (Å²) < 4.78 is 2.22. The number of amides is 2. The molecule has 0 spiro atoms. The van der Waals surface area contributed by atoms with Crippen molar-refractivity contribution in [2.45, 2.75) is 61.3 Å². The first kappa shape index (κ1) is 26.7. The van der Waals surface area contributed by atoms with Gasteiger partial charge in [0.2, 0.25) is 0 Å². The zero-order valence-corrected chi connectivity index (χ0v) is 22.1. The van der Waals surface area contributed by atoms with Gasteiger partial charge in [-0.25, -0.2) is 4.79 Å². The number of carbonyl (C=O) groups excluding carboxylic acids is 3. The Hall–Kier alpha value is -3.93. The van der Waals surface area contributed by atoms with E-state index in [-0.39, 0.29) is 12.8 Å². The van der Waals surface area contributed by atoms with Crippen LogP contribution in [0.3, 0.4) is 0 Å². The Kier molecular flexibility index (Phi) is 8.30. The molecule has 0 atom stereocenters. The summed E-state index contributed by atoms with van der Waals surface area (Å²) in [5.74, 6) is -1.71. The highest BCUT2D eigenvalue weighted by molar-refractivity contribution is 6.12. The lowest BCUT2D eigenvalue weighted by atomic mass is 10.1. The SMILES string of the molecule is CC.CC.Cc1ccc(-n2c3ccccc3c3cc(C(=O)ON4C(=O)CCC4=O)cc(C)c32)c(C)c1. The van der Waals surface area contributed by atoms with Crippen LogP contribution in [0.2, 0.25) is 0 Å². The highest BCUT2D eigenvalue weighted by Gasteiger charge is 2.33. The molecule has 0 unspecified atom stereocenters. The van der Waals surface area contributed by atoms with Crippen molar-refractivity contribution in [1.82, 2.24) is 9.63 Å². The van der Waals surface area contributed by atoms with Crippen LogP contribution in [0.4, 0.5) is 0 Å². The predicted octanol–water partition coefficient (Wildman–Crippen LogP) is 6.98. The van der Waals surface area contributed by atoms with E-state index in [4.69, 9.17) is 4.84 Å². The van der Waals surface area contributed by atoms with Gasteiger partial charge in [0.25, 0.3) is 11.8 Å². The van der Waals surface area contributed by atoms with Gasteiger partial charge in [-0.1, -0.05) is 63.6 Å². The van der Waals surface area contributed by atoms with E-state index in [1.54, 1.807) is 12.1 Å². The highest BCUT2D eigenvalue weighted by atomic mass is 16.7. The maximum absolute atomic E-state index is 12.8. The van der Waals surface area contributed by atoms with Crippen molar-refractivity contribution in [3.8, 4) is 5.69 Å². The number of aryl methyl sites for hydroxylation is 3. The van der Waals surface area contributed by atoms with Crippen molar-refractivity contribution in [3.05, 3.63) is 76.9 Å². The summed E-state index contributed by atoms with van der Waals surface area (Å²) in [7, 11) is 0. The molecular weight excluding hydrogens is 452 g/mol. The molecule has 0 radical (unpaired) electrons. The minimum Gasteiger partial charge on any atom is -0.325 e. The van der Waals surface area contributed by atoms with Crippen LogP contribution in [-0.4, -0.2) is 27.4 Å². The number of rotatable bonds is 3. The maximum atomic E-state index is 12.8. The zero-order valence-electron chi connectivity index (χ0n) is 22.1. The van der Waals surface area contributed by atoms with Gasteiger partial charge in [-0.2, -0.15) is 0 Å². The van der Waals surface area contributed by atoms with E-state index in [2.05, 4.69) is 42.7 Å².